The number of pyridine rings is 2. The average molecular weight is 532 g/mol. The van der Waals surface area contributed by atoms with Crippen LogP contribution < -0.4 is 16.5 Å². The fourth-order valence-electron chi connectivity index (χ4n) is 4.90. The summed E-state index contributed by atoms with van der Waals surface area (Å²) < 4.78 is 32.7. The third-order valence-corrected chi connectivity index (χ3v) is 7.97. The Bertz CT molecular complexity index is 1340. The topological polar surface area (TPSA) is 109 Å². The van der Waals surface area contributed by atoms with Gasteiger partial charge in [0.05, 0.1) is 35.5 Å². The summed E-state index contributed by atoms with van der Waals surface area (Å²) >= 11 is 0. The van der Waals surface area contributed by atoms with E-state index in [9.17, 15) is 9.18 Å². The Kier molecular flexibility index (Phi) is 7.46. The molecule has 1 amide bonds. The Morgan fingerprint density at radius 3 is 2.54 bits per heavy atom. The van der Waals surface area contributed by atoms with E-state index in [1.54, 1.807) is 18.2 Å². The van der Waals surface area contributed by atoms with Crippen LogP contribution in [-0.2, 0) is 20.7 Å². The monoisotopic (exact) mass is 532 g/mol. The molecule has 5 rings (SSSR count). The van der Waals surface area contributed by atoms with Gasteiger partial charge in [-0.3, -0.25) is 4.79 Å². The first-order valence-electron chi connectivity index (χ1n) is 13.3. The van der Waals surface area contributed by atoms with Gasteiger partial charge >= 0.3 is 7.12 Å². The molecule has 8 nitrogen and oxygen atoms in total. The molecule has 39 heavy (non-hydrogen) atoms. The molecule has 3 heterocycles. The molecule has 0 spiro atoms. The molecule has 2 aromatic heterocycles. The largest absolute Gasteiger partial charge is 0.494 e. The number of benzene rings is 1. The van der Waals surface area contributed by atoms with Crippen molar-refractivity contribution < 1.29 is 23.2 Å². The molecule has 1 aliphatic heterocycles. The van der Waals surface area contributed by atoms with Crippen LogP contribution in [0.4, 0.5) is 10.2 Å². The van der Waals surface area contributed by atoms with E-state index in [-0.39, 0.29) is 35.0 Å². The molecular weight excluding hydrogens is 498 g/mol. The lowest BCUT2D eigenvalue weighted by Gasteiger charge is -2.32. The number of nitrogen functional groups attached to an aromatic ring is 1. The van der Waals surface area contributed by atoms with Gasteiger partial charge in [-0.2, -0.15) is 4.39 Å². The molecule has 1 saturated carbocycles. The molecule has 2 atom stereocenters. The summed E-state index contributed by atoms with van der Waals surface area (Å²) in [5.74, 6) is -0.916. The van der Waals surface area contributed by atoms with Gasteiger partial charge in [-0.25, -0.2) is 9.97 Å². The average Bonchev–Trinajstić information content (AvgIpc) is 3.43. The molecule has 204 valence electrons. The van der Waals surface area contributed by atoms with E-state index in [1.807, 2.05) is 52.0 Å². The molecule has 1 saturated heterocycles. The molecule has 0 bridgehead atoms. The van der Waals surface area contributed by atoms with Crippen LogP contribution in [0, 0.1) is 5.95 Å². The molecule has 0 unspecified atom stereocenters. The van der Waals surface area contributed by atoms with Crippen molar-refractivity contribution in [1.29, 1.82) is 0 Å². The molecule has 10 heteroatoms. The van der Waals surface area contributed by atoms with Crippen molar-refractivity contribution in [3.8, 4) is 11.1 Å². The molecule has 3 N–H and O–H groups in total. The highest BCUT2D eigenvalue weighted by molar-refractivity contribution is 6.62. The SMILES string of the molecule is CC1(C)OB(c2ccc(CO[C@H]3CCC[C@@H]3NC(=O)c3cc(-c4cccnc4F)cnc3N)cc2)OC1(C)C. The number of carbonyl (C=O) groups excluding carboxylic acids is 1. The Hall–Kier alpha value is -3.34. The summed E-state index contributed by atoms with van der Waals surface area (Å²) in [6.07, 6.45) is 5.24. The number of hydrogen-bond donors (Lipinski definition) is 2. The van der Waals surface area contributed by atoms with Gasteiger partial charge in [-0.1, -0.05) is 24.3 Å². The van der Waals surface area contributed by atoms with Gasteiger partial charge in [0.25, 0.3) is 5.91 Å². The Balaban J connectivity index is 1.20. The normalized spacial score (nSPS) is 21.7. The molecule has 1 aromatic carbocycles. The van der Waals surface area contributed by atoms with Crippen LogP contribution in [0.3, 0.4) is 0 Å². The van der Waals surface area contributed by atoms with Crippen molar-refractivity contribution in [3.05, 3.63) is 71.9 Å². The number of halogens is 1. The van der Waals surface area contributed by atoms with E-state index < -0.39 is 24.3 Å². The lowest BCUT2D eigenvalue weighted by molar-refractivity contribution is 0.00578. The van der Waals surface area contributed by atoms with Crippen LogP contribution in [0.1, 0.15) is 62.9 Å². The maximum atomic E-state index is 14.2. The van der Waals surface area contributed by atoms with E-state index in [4.69, 9.17) is 19.8 Å². The highest BCUT2D eigenvalue weighted by Crippen LogP contribution is 2.36. The molecule has 0 radical (unpaired) electrons. The van der Waals surface area contributed by atoms with Crippen LogP contribution in [0.2, 0.25) is 0 Å². The van der Waals surface area contributed by atoms with Crippen molar-refractivity contribution in [1.82, 2.24) is 15.3 Å². The second-order valence-corrected chi connectivity index (χ2v) is 11.2. The van der Waals surface area contributed by atoms with Gasteiger partial charge in [0.2, 0.25) is 5.95 Å². The zero-order valence-electron chi connectivity index (χ0n) is 22.7. The Morgan fingerprint density at radius 2 is 1.85 bits per heavy atom. The highest BCUT2D eigenvalue weighted by Gasteiger charge is 2.51. The first-order chi connectivity index (χ1) is 18.5. The number of rotatable bonds is 7. The van der Waals surface area contributed by atoms with Gasteiger partial charge in [0.1, 0.15) is 5.82 Å². The summed E-state index contributed by atoms with van der Waals surface area (Å²) in [5, 5.41) is 3.05. The second kappa shape index (κ2) is 10.7. The second-order valence-electron chi connectivity index (χ2n) is 11.2. The standard InChI is InChI=1S/C29H34BFN4O4/c1-28(2)29(3,4)39-30(38-28)20-12-10-18(11-13-20)17-37-24-9-5-8-23(24)35-27(36)22-15-19(16-34-26(22)32)21-7-6-14-33-25(21)31/h6-7,10-16,23-24H,5,8-9,17H2,1-4H3,(H2,32,34)(H,35,36)/t23-,24-/m0/s1. The summed E-state index contributed by atoms with van der Waals surface area (Å²) in [5.41, 5.74) is 8.09. The first kappa shape index (κ1) is 27.2. The molecule has 2 aliphatic rings. The molecule has 3 aromatic rings. The van der Waals surface area contributed by atoms with Crippen LogP contribution in [-0.4, -0.2) is 46.3 Å². The number of amides is 1. The van der Waals surface area contributed by atoms with Gasteiger partial charge in [-0.05, 0) is 76.2 Å². The summed E-state index contributed by atoms with van der Waals surface area (Å²) in [6, 6.07) is 12.6. The Labute approximate surface area is 228 Å². The van der Waals surface area contributed by atoms with Crippen LogP contribution in [0.5, 0.6) is 0 Å². The predicted octanol–water partition coefficient (Wildman–Crippen LogP) is 4.03. The summed E-state index contributed by atoms with van der Waals surface area (Å²) in [6.45, 7) is 8.56. The van der Waals surface area contributed by atoms with E-state index >= 15 is 0 Å². The Morgan fingerprint density at radius 1 is 1.13 bits per heavy atom. The summed E-state index contributed by atoms with van der Waals surface area (Å²) in [4.78, 5) is 20.9. The molecular formula is C29H34BFN4O4. The predicted molar refractivity (Wildman–Crippen MR) is 148 cm³/mol. The zero-order valence-corrected chi connectivity index (χ0v) is 22.7. The van der Waals surface area contributed by atoms with Gasteiger partial charge < -0.3 is 25.1 Å². The first-order valence-corrected chi connectivity index (χ1v) is 13.3. The lowest BCUT2D eigenvalue weighted by Crippen LogP contribution is -2.41. The van der Waals surface area contributed by atoms with Gasteiger partial charge in [0, 0.05) is 23.5 Å². The van der Waals surface area contributed by atoms with E-state index in [1.165, 1.54) is 12.4 Å². The smallest absolute Gasteiger partial charge is 0.399 e. The number of hydrogen-bond acceptors (Lipinski definition) is 7. The minimum atomic E-state index is -0.635. The summed E-state index contributed by atoms with van der Waals surface area (Å²) in [7, 11) is -0.408. The van der Waals surface area contributed by atoms with E-state index in [2.05, 4.69) is 15.3 Å². The number of carbonyl (C=O) groups is 1. The van der Waals surface area contributed by atoms with Gasteiger partial charge in [0.15, 0.2) is 0 Å². The quantitative estimate of drug-likeness (QED) is 0.349. The zero-order chi connectivity index (χ0) is 27.8. The minimum Gasteiger partial charge on any atom is -0.399 e. The van der Waals surface area contributed by atoms with Crippen LogP contribution in [0.15, 0.2) is 54.9 Å². The van der Waals surface area contributed by atoms with Crippen molar-refractivity contribution in [2.24, 2.45) is 0 Å². The molecule has 1 aliphatic carbocycles. The number of aromatic nitrogens is 2. The van der Waals surface area contributed by atoms with Crippen molar-refractivity contribution in [3.63, 3.8) is 0 Å². The molecule has 2 fully saturated rings. The van der Waals surface area contributed by atoms with Crippen molar-refractivity contribution in [2.45, 2.75) is 76.9 Å². The number of ether oxygens (including phenoxy) is 1. The fourth-order valence-corrected chi connectivity index (χ4v) is 4.90. The van der Waals surface area contributed by atoms with Gasteiger partial charge in [-0.15, -0.1) is 0 Å². The third kappa shape index (κ3) is 5.68. The van der Waals surface area contributed by atoms with Crippen LogP contribution >= 0.6 is 0 Å². The van der Waals surface area contributed by atoms with Crippen molar-refractivity contribution in [2.75, 3.05) is 5.73 Å². The van der Waals surface area contributed by atoms with Crippen LogP contribution in [0.25, 0.3) is 11.1 Å². The maximum absolute atomic E-state index is 14.2. The minimum absolute atomic E-state index is 0.0816. The number of nitrogens with zero attached hydrogens (tertiary/aromatic N) is 2. The van der Waals surface area contributed by atoms with E-state index in [0.717, 1.165) is 30.3 Å². The van der Waals surface area contributed by atoms with Crippen molar-refractivity contribution >= 4 is 24.3 Å². The van der Waals surface area contributed by atoms with E-state index in [0.29, 0.717) is 12.2 Å². The maximum Gasteiger partial charge on any atom is 0.494 e. The highest BCUT2D eigenvalue weighted by atomic mass is 19.1. The number of nitrogens with two attached hydrogens (primary N) is 1. The lowest BCUT2D eigenvalue weighted by atomic mass is 9.79. The fraction of sp³-hybridized carbons (Fsp3) is 0.414. The third-order valence-electron chi connectivity index (χ3n) is 7.97. The number of nitrogens with one attached hydrogen (secondary N) is 1. The number of anilines is 1.